The maximum absolute atomic E-state index is 6.48. The van der Waals surface area contributed by atoms with Gasteiger partial charge in [0, 0.05) is 4.75 Å². The summed E-state index contributed by atoms with van der Waals surface area (Å²) in [6.45, 7) is 32.3. The van der Waals surface area contributed by atoms with Crippen molar-refractivity contribution in [2.24, 2.45) is 16.7 Å². The lowest BCUT2D eigenvalue weighted by molar-refractivity contribution is -0.146. The Morgan fingerprint density at radius 3 is 1.55 bits per heavy atom. The minimum Gasteiger partial charge on any atom is -0.375 e. The summed E-state index contributed by atoms with van der Waals surface area (Å²) in [6, 6.07) is 0. The van der Waals surface area contributed by atoms with Crippen LogP contribution in [0.1, 0.15) is 123 Å². The molecule has 0 N–H and O–H groups in total. The Morgan fingerprint density at radius 2 is 1.14 bits per heavy atom. The van der Waals surface area contributed by atoms with E-state index >= 15 is 0 Å². The summed E-state index contributed by atoms with van der Waals surface area (Å²) in [5, 5.41) is 0. The highest BCUT2D eigenvalue weighted by Crippen LogP contribution is 2.43. The summed E-state index contributed by atoms with van der Waals surface area (Å²) in [6.07, 6.45) is 4.03. The number of rotatable bonds is 13. The molecule has 0 aliphatic carbocycles. The summed E-state index contributed by atoms with van der Waals surface area (Å²) in [5.74, 6) is 0.675. The van der Waals surface area contributed by atoms with Crippen molar-refractivity contribution in [1.82, 2.24) is 0 Å². The minimum atomic E-state index is -0.228. The van der Waals surface area contributed by atoms with Crippen LogP contribution in [0.4, 0.5) is 0 Å². The second-order valence-electron chi connectivity index (χ2n) is 13.6. The van der Waals surface area contributed by atoms with E-state index in [0.29, 0.717) is 17.9 Å². The van der Waals surface area contributed by atoms with Crippen LogP contribution in [0.15, 0.2) is 0 Å². The van der Waals surface area contributed by atoms with Crippen LogP contribution in [-0.4, -0.2) is 28.2 Å². The van der Waals surface area contributed by atoms with Crippen LogP contribution in [0, 0.1) is 16.7 Å². The molecule has 0 aromatic heterocycles. The van der Waals surface area contributed by atoms with Crippen molar-refractivity contribution in [3.05, 3.63) is 0 Å². The molecule has 0 aliphatic rings. The van der Waals surface area contributed by atoms with Crippen LogP contribution >= 0.6 is 12.6 Å². The molecule has 0 aromatic rings. The number of ether oxygens (including phenoxy) is 2. The first-order chi connectivity index (χ1) is 12.5. The standard InChI is InChI=1S/C26H54O2S/c1-20(2)22(5,6)17-21(3,4)18-24(9,10)27-16-15-23(7,8)28-25(11,12)19-26(13,14)29/h20,29H,15-19H2,1-14H3. The number of thiol groups is 1. The van der Waals surface area contributed by atoms with Gasteiger partial charge in [0.1, 0.15) is 0 Å². The molecular formula is C26H54O2S. The molecule has 0 bridgehead atoms. The number of hydrogen-bond donors (Lipinski definition) is 1. The topological polar surface area (TPSA) is 18.5 Å². The third kappa shape index (κ3) is 13.3. The summed E-state index contributed by atoms with van der Waals surface area (Å²) in [7, 11) is 0. The largest absolute Gasteiger partial charge is 0.375 e. The Kier molecular flexibility index (Phi) is 9.91. The molecule has 0 rings (SSSR count). The molecule has 0 amide bonds. The zero-order valence-electron chi connectivity index (χ0n) is 22.4. The monoisotopic (exact) mass is 430 g/mol. The van der Waals surface area contributed by atoms with Crippen LogP contribution < -0.4 is 0 Å². The van der Waals surface area contributed by atoms with Crippen LogP contribution in [0.2, 0.25) is 0 Å². The lowest BCUT2D eigenvalue weighted by Gasteiger charge is -2.42. The van der Waals surface area contributed by atoms with E-state index in [0.717, 1.165) is 19.3 Å². The van der Waals surface area contributed by atoms with Gasteiger partial charge in [0.25, 0.3) is 0 Å². The van der Waals surface area contributed by atoms with Crippen molar-refractivity contribution < 1.29 is 9.47 Å². The molecule has 0 spiro atoms. The van der Waals surface area contributed by atoms with Crippen LogP contribution in [-0.2, 0) is 9.47 Å². The lowest BCUT2D eigenvalue weighted by atomic mass is 9.66. The molecule has 0 heterocycles. The molecule has 0 saturated carbocycles. The molecule has 0 fully saturated rings. The molecule has 0 atom stereocenters. The van der Waals surface area contributed by atoms with E-state index in [9.17, 15) is 0 Å². The first-order valence-electron chi connectivity index (χ1n) is 11.5. The third-order valence-electron chi connectivity index (χ3n) is 6.01. The fourth-order valence-electron chi connectivity index (χ4n) is 5.15. The Morgan fingerprint density at radius 1 is 0.655 bits per heavy atom. The molecule has 2 nitrogen and oxygen atoms in total. The Bertz CT molecular complexity index is 493. The van der Waals surface area contributed by atoms with Gasteiger partial charge in [-0.25, -0.2) is 0 Å². The molecule has 0 saturated heterocycles. The van der Waals surface area contributed by atoms with Crippen molar-refractivity contribution in [3.8, 4) is 0 Å². The van der Waals surface area contributed by atoms with Crippen molar-refractivity contribution in [1.29, 1.82) is 0 Å². The van der Waals surface area contributed by atoms with Gasteiger partial charge in [0.15, 0.2) is 0 Å². The van der Waals surface area contributed by atoms with E-state index in [1.165, 1.54) is 6.42 Å². The van der Waals surface area contributed by atoms with Gasteiger partial charge in [-0.3, -0.25) is 0 Å². The summed E-state index contributed by atoms with van der Waals surface area (Å²) < 4.78 is 12.8. The maximum atomic E-state index is 6.48. The molecule has 29 heavy (non-hydrogen) atoms. The third-order valence-corrected chi connectivity index (χ3v) is 6.17. The summed E-state index contributed by atoms with van der Waals surface area (Å²) in [4.78, 5) is 0. The second-order valence-corrected chi connectivity index (χ2v) is 14.8. The normalized spacial score (nSPS) is 15.3. The first-order valence-corrected chi connectivity index (χ1v) is 12.0. The summed E-state index contributed by atoms with van der Waals surface area (Å²) in [5.41, 5.74) is -0.0110. The van der Waals surface area contributed by atoms with Crippen molar-refractivity contribution >= 4 is 12.6 Å². The minimum absolute atomic E-state index is 0.0482. The van der Waals surface area contributed by atoms with Gasteiger partial charge in [-0.1, -0.05) is 55.4 Å². The van der Waals surface area contributed by atoms with Crippen LogP contribution in [0.25, 0.3) is 0 Å². The first kappa shape index (κ1) is 29.3. The van der Waals surface area contributed by atoms with E-state index < -0.39 is 0 Å². The van der Waals surface area contributed by atoms with Gasteiger partial charge < -0.3 is 9.47 Å². The van der Waals surface area contributed by atoms with E-state index in [4.69, 9.17) is 9.47 Å². The van der Waals surface area contributed by atoms with Gasteiger partial charge >= 0.3 is 0 Å². The highest BCUT2D eigenvalue weighted by atomic mass is 32.1. The quantitative estimate of drug-likeness (QED) is 0.296. The number of hydrogen-bond acceptors (Lipinski definition) is 3. The van der Waals surface area contributed by atoms with Crippen LogP contribution in [0.3, 0.4) is 0 Å². The summed E-state index contributed by atoms with van der Waals surface area (Å²) >= 11 is 4.68. The Hall–Kier alpha value is 0.270. The molecular weight excluding hydrogens is 376 g/mol. The van der Waals surface area contributed by atoms with Crippen molar-refractivity contribution in [2.45, 2.75) is 144 Å². The van der Waals surface area contributed by atoms with E-state index in [1.54, 1.807) is 0 Å². The van der Waals surface area contributed by atoms with Gasteiger partial charge in [0.2, 0.25) is 0 Å². The predicted molar refractivity (Wildman–Crippen MR) is 133 cm³/mol. The van der Waals surface area contributed by atoms with Crippen molar-refractivity contribution in [2.75, 3.05) is 6.61 Å². The average Bonchev–Trinajstić information content (AvgIpc) is 2.29. The van der Waals surface area contributed by atoms with Crippen molar-refractivity contribution in [3.63, 3.8) is 0 Å². The highest BCUT2D eigenvalue weighted by Gasteiger charge is 2.37. The van der Waals surface area contributed by atoms with Gasteiger partial charge in [-0.15, -0.1) is 0 Å². The molecule has 0 unspecified atom stereocenters. The van der Waals surface area contributed by atoms with Gasteiger partial charge in [-0.05, 0) is 84.0 Å². The molecule has 0 aromatic carbocycles. The van der Waals surface area contributed by atoms with Gasteiger partial charge in [-0.2, -0.15) is 12.6 Å². The zero-order chi connectivity index (χ0) is 23.5. The molecule has 0 radical (unpaired) electrons. The zero-order valence-corrected chi connectivity index (χ0v) is 23.3. The lowest BCUT2D eigenvalue weighted by Crippen LogP contribution is -2.42. The van der Waals surface area contributed by atoms with E-state index in [1.807, 2.05) is 0 Å². The van der Waals surface area contributed by atoms with E-state index in [-0.39, 0.29) is 27.0 Å². The average molecular weight is 431 g/mol. The smallest absolute Gasteiger partial charge is 0.0655 e. The van der Waals surface area contributed by atoms with Gasteiger partial charge in [0.05, 0.1) is 23.4 Å². The molecule has 176 valence electrons. The highest BCUT2D eigenvalue weighted by molar-refractivity contribution is 7.81. The predicted octanol–water partition coefficient (Wildman–Crippen LogP) is 8.33. The van der Waals surface area contributed by atoms with E-state index in [2.05, 4.69) is 110 Å². The second kappa shape index (κ2) is 9.82. The SMILES string of the molecule is CC(C)C(C)(C)CC(C)(C)CC(C)(C)OCCC(C)(C)OC(C)(C)CC(C)(C)S. The van der Waals surface area contributed by atoms with Crippen LogP contribution in [0.5, 0.6) is 0 Å². The molecule has 0 aliphatic heterocycles. The fourth-order valence-corrected chi connectivity index (χ4v) is 5.53. The molecule has 3 heteroatoms. The Labute approximate surface area is 189 Å². The fraction of sp³-hybridized carbons (Fsp3) is 1.00. The maximum Gasteiger partial charge on any atom is 0.0655 e. The Balaban J connectivity index is 4.76.